The first kappa shape index (κ1) is 19.2. The summed E-state index contributed by atoms with van der Waals surface area (Å²) in [5.74, 6) is 0. The molecule has 0 heterocycles. The minimum atomic E-state index is -1.50. The third kappa shape index (κ3) is 7.00. The first-order chi connectivity index (χ1) is 4.15. The average Bonchev–Trinajstić information content (AvgIpc) is 1.59. The molecule has 0 aliphatic rings. The summed E-state index contributed by atoms with van der Waals surface area (Å²) in [5.41, 5.74) is 0. The molecular formula is C6H22Li2N2Si2. The Hall–Kier alpha value is 1.55. The molecule has 0 radical (unpaired) electrons. The minimum absolute atomic E-state index is 0. The fraction of sp³-hybridized carbons (Fsp3) is 1.00. The van der Waals surface area contributed by atoms with Gasteiger partial charge in [0.2, 0.25) is 0 Å². The second-order valence-electron chi connectivity index (χ2n) is 4.38. The third-order valence-electron chi connectivity index (χ3n) is 1.87. The topological polar surface area (TPSA) is 29.3 Å². The van der Waals surface area contributed by atoms with Gasteiger partial charge in [-0.2, -0.15) is 0 Å². The maximum absolute atomic E-state index is 6.06. The van der Waals surface area contributed by atoms with Crippen molar-refractivity contribution in [3.8, 4) is 0 Å². The second kappa shape index (κ2) is 6.11. The summed E-state index contributed by atoms with van der Waals surface area (Å²) in [6, 6.07) is 0. The van der Waals surface area contributed by atoms with Gasteiger partial charge in [-0.05, 0) is 20.1 Å². The zero-order valence-electron chi connectivity index (χ0n) is 8.02. The molecule has 2 nitrogen and oxygen atoms in total. The molecule has 66 valence electrons. The van der Waals surface area contributed by atoms with Crippen LogP contribution in [0.3, 0.4) is 0 Å². The van der Waals surface area contributed by atoms with Gasteiger partial charge in [-0.3, -0.25) is 0 Å². The Morgan fingerprint density at radius 1 is 0.917 bits per heavy atom. The molecule has 0 aliphatic heterocycles. The molecule has 0 aromatic carbocycles. The van der Waals surface area contributed by atoms with E-state index in [0.29, 0.717) is 0 Å². The van der Waals surface area contributed by atoms with Crippen LogP contribution >= 0.6 is 0 Å². The Balaban J connectivity index is -0.000000405. The molecule has 0 unspecified atom stereocenters. The van der Waals surface area contributed by atoms with Gasteiger partial charge >= 0.3 is 37.7 Å². The molecule has 0 saturated carbocycles. The van der Waals surface area contributed by atoms with Crippen molar-refractivity contribution in [3.63, 3.8) is 0 Å². The van der Waals surface area contributed by atoms with Crippen LogP contribution in [0.15, 0.2) is 0 Å². The number of rotatable bonds is 2. The van der Waals surface area contributed by atoms with Gasteiger partial charge in [0.1, 0.15) is 8.24 Å². The van der Waals surface area contributed by atoms with Crippen LogP contribution in [0.4, 0.5) is 0 Å². The van der Waals surface area contributed by atoms with Crippen molar-refractivity contribution in [2.24, 2.45) is 5.40 Å². The summed E-state index contributed by atoms with van der Waals surface area (Å²) in [6.45, 7) is 11.4. The van der Waals surface area contributed by atoms with E-state index in [4.69, 9.17) is 5.40 Å². The normalized spacial score (nSPS) is 12.0. The fourth-order valence-electron chi connectivity index (χ4n) is 0.864. The fourth-order valence-corrected chi connectivity index (χ4v) is 7.78. The SMILES string of the molecule is CN([Si](C)(C)C)[Si](C)(C)N.[LiH].[LiH]. The van der Waals surface area contributed by atoms with E-state index in [1.807, 2.05) is 0 Å². The van der Waals surface area contributed by atoms with Crippen molar-refractivity contribution in [1.82, 2.24) is 4.23 Å². The van der Waals surface area contributed by atoms with E-state index in [9.17, 15) is 0 Å². The monoisotopic (exact) mass is 192 g/mol. The Morgan fingerprint density at radius 3 is 1.17 bits per heavy atom. The Kier molecular flexibility index (Phi) is 9.76. The molecule has 0 aromatic heterocycles. The van der Waals surface area contributed by atoms with Crippen LogP contribution in [0, 0.1) is 0 Å². The summed E-state index contributed by atoms with van der Waals surface area (Å²) in [6.07, 6.45) is 0. The third-order valence-corrected chi connectivity index (χ3v) is 9.35. The van der Waals surface area contributed by atoms with Crippen molar-refractivity contribution >= 4 is 54.4 Å². The Morgan fingerprint density at radius 2 is 1.17 bits per heavy atom. The molecule has 0 bridgehead atoms. The van der Waals surface area contributed by atoms with Gasteiger partial charge < -0.3 is 9.63 Å². The first-order valence-electron chi connectivity index (χ1n) is 3.68. The molecule has 0 fully saturated rings. The molecule has 0 aliphatic carbocycles. The molecule has 0 spiro atoms. The zero-order valence-corrected chi connectivity index (χ0v) is 10.0. The summed E-state index contributed by atoms with van der Waals surface area (Å²) in [4.78, 5) is 0. The number of nitrogens with zero attached hydrogens (tertiary/aromatic N) is 1. The van der Waals surface area contributed by atoms with Gasteiger partial charge in [-0.15, -0.1) is 0 Å². The van der Waals surface area contributed by atoms with Crippen LogP contribution in [-0.4, -0.2) is 65.6 Å². The zero-order chi connectivity index (χ0) is 8.58. The van der Waals surface area contributed by atoms with E-state index in [-0.39, 0.29) is 37.7 Å². The van der Waals surface area contributed by atoms with E-state index in [0.717, 1.165) is 0 Å². The van der Waals surface area contributed by atoms with Crippen molar-refractivity contribution in [3.05, 3.63) is 0 Å². The first-order valence-corrected chi connectivity index (χ1v) is 10.2. The molecule has 0 atom stereocenters. The standard InChI is InChI=1S/C6H20N2Si2.2Li.2H/c1-8(9(2,3)4)10(5,6)7;;;;/h7H2,1-6H3;;;;. The number of hydrogen-bond acceptors (Lipinski definition) is 2. The van der Waals surface area contributed by atoms with Crippen molar-refractivity contribution in [2.75, 3.05) is 7.05 Å². The van der Waals surface area contributed by atoms with Crippen LogP contribution in [-0.2, 0) is 0 Å². The summed E-state index contributed by atoms with van der Waals surface area (Å²) in [5, 5.41) is 6.06. The van der Waals surface area contributed by atoms with E-state index in [2.05, 4.69) is 44.0 Å². The molecule has 0 saturated heterocycles. The van der Waals surface area contributed by atoms with Crippen LogP contribution in [0.25, 0.3) is 0 Å². The van der Waals surface area contributed by atoms with Crippen molar-refractivity contribution in [1.29, 1.82) is 0 Å². The van der Waals surface area contributed by atoms with Crippen LogP contribution in [0.5, 0.6) is 0 Å². The van der Waals surface area contributed by atoms with Gasteiger partial charge in [0, 0.05) is 0 Å². The Bertz CT molecular complexity index is 106. The molecule has 0 aromatic rings. The van der Waals surface area contributed by atoms with E-state index in [1.165, 1.54) is 0 Å². The predicted molar refractivity (Wildman–Crippen MR) is 67.1 cm³/mol. The summed E-state index contributed by atoms with van der Waals surface area (Å²) < 4.78 is 2.43. The molecule has 6 heteroatoms. The average molecular weight is 192 g/mol. The van der Waals surface area contributed by atoms with E-state index in [1.54, 1.807) is 0 Å². The van der Waals surface area contributed by atoms with Crippen LogP contribution in [0.1, 0.15) is 0 Å². The van der Waals surface area contributed by atoms with Gasteiger partial charge in [0.05, 0.1) is 0 Å². The van der Waals surface area contributed by atoms with Gasteiger partial charge in [0.25, 0.3) is 0 Å². The Labute approximate surface area is 103 Å². The molecule has 0 amide bonds. The predicted octanol–water partition coefficient (Wildman–Crippen LogP) is 0.117. The van der Waals surface area contributed by atoms with Crippen molar-refractivity contribution in [2.45, 2.75) is 32.7 Å². The maximum atomic E-state index is 6.06. The van der Waals surface area contributed by atoms with Crippen LogP contribution < -0.4 is 5.40 Å². The van der Waals surface area contributed by atoms with E-state index < -0.39 is 16.6 Å². The van der Waals surface area contributed by atoms with Gasteiger partial charge in [0.15, 0.2) is 8.40 Å². The van der Waals surface area contributed by atoms with Gasteiger partial charge in [-0.25, -0.2) is 0 Å². The second-order valence-corrected chi connectivity index (χ2v) is 13.8. The molecule has 2 N–H and O–H groups in total. The quantitative estimate of drug-likeness (QED) is 0.630. The molecule has 12 heavy (non-hydrogen) atoms. The summed E-state index contributed by atoms with van der Waals surface area (Å²) in [7, 11) is -0.462. The van der Waals surface area contributed by atoms with E-state index >= 15 is 0 Å². The molecule has 0 rings (SSSR count). The summed E-state index contributed by atoms with van der Waals surface area (Å²) >= 11 is 0. The van der Waals surface area contributed by atoms with Crippen molar-refractivity contribution < 1.29 is 0 Å². The van der Waals surface area contributed by atoms with Gasteiger partial charge in [-0.1, -0.05) is 19.6 Å². The molecular weight excluding hydrogens is 170 g/mol. The number of nitrogens with two attached hydrogens (primary N) is 1. The van der Waals surface area contributed by atoms with Crippen LogP contribution in [0.2, 0.25) is 32.7 Å². The number of hydrogen-bond donors (Lipinski definition) is 1.